The lowest BCUT2D eigenvalue weighted by Crippen LogP contribution is -2.85. The Morgan fingerprint density at radius 2 is 1.62 bits per heavy atom. The molecule has 0 saturated carbocycles. The summed E-state index contributed by atoms with van der Waals surface area (Å²) in [6, 6.07) is 14.0. The monoisotopic (exact) mass is 396 g/mol. The summed E-state index contributed by atoms with van der Waals surface area (Å²) >= 11 is 0. The summed E-state index contributed by atoms with van der Waals surface area (Å²) in [5.74, 6) is -0.295. The second kappa shape index (κ2) is 7.26. The first-order valence-electron chi connectivity index (χ1n) is 9.95. The predicted molar refractivity (Wildman–Crippen MR) is 108 cm³/mol. The Balaban J connectivity index is 1.62. The maximum Gasteiger partial charge on any atom is 0.222 e. The van der Waals surface area contributed by atoms with Gasteiger partial charge in [0.2, 0.25) is 11.8 Å². The quantitative estimate of drug-likeness (QED) is 0.865. The van der Waals surface area contributed by atoms with Crippen LogP contribution in [0.25, 0.3) is 11.1 Å². The highest BCUT2D eigenvalue weighted by Gasteiger charge is 2.67. The van der Waals surface area contributed by atoms with Gasteiger partial charge in [0, 0.05) is 32.4 Å². The first kappa shape index (κ1) is 19.6. The van der Waals surface area contributed by atoms with Gasteiger partial charge >= 0.3 is 0 Å². The van der Waals surface area contributed by atoms with Crippen LogP contribution in [0.4, 0.5) is 4.39 Å². The molecule has 0 radical (unpaired) electrons. The molecule has 1 N–H and O–H groups in total. The lowest BCUT2D eigenvalue weighted by Gasteiger charge is -2.70. The van der Waals surface area contributed by atoms with Gasteiger partial charge in [0.25, 0.3) is 0 Å². The van der Waals surface area contributed by atoms with Crippen molar-refractivity contribution in [2.75, 3.05) is 19.7 Å². The number of hydrogen-bond acceptors (Lipinski definition) is 3. The van der Waals surface area contributed by atoms with Crippen molar-refractivity contribution in [2.24, 2.45) is 0 Å². The number of rotatable bonds is 4. The van der Waals surface area contributed by atoms with Gasteiger partial charge in [-0.25, -0.2) is 4.39 Å². The van der Waals surface area contributed by atoms with Crippen LogP contribution in [0.5, 0.6) is 0 Å². The molecular formula is C23H25FN2O3. The van der Waals surface area contributed by atoms with E-state index in [1.807, 2.05) is 31.2 Å². The van der Waals surface area contributed by atoms with E-state index in [1.165, 1.54) is 19.1 Å². The summed E-state index contributed by atoms with van der Waals surface area (Å²) in [5, 5.41) is 9.96. The summed E-state index contributed by atoms with van der Waals surface area (Å²) in [7, 11) is 0. The maximum absolute atomic E-state index is 13.2. The van der Waals surface area contributed by atoms with E-state index in [9.17, 15) is 19.1 Å². The average Bonchev–Trinajstić information content (AvgIpc) is 2.67. The third-order valence-electron chi connectivity index (χ3n) is 6.33. The summed E-state index contributed by atoms with van der Waals surface area (Å²) in [6.45, 7) is 4.23. The summed E-state index contributed by atoms with van der Waals surface area (Å²) in [4.78, 5) is 27.9. The maximum atomic E-state index is 13.2. The van der Waals surface area contributed by atoms with Crippen molar-refractivity contribution in [3.63, 3.8) is 0 Å². The molecule has 1 spiro atoms. The number of hydrogen-bond donors (Lipinski definition) is 1. The molecule has 5 nitrogen and oxygen atoms in total. The van der Waals surface area contributed by atoms with E-state index in [4.69, 9.17) is 0 Å². The van der Waals surface area contributed by atoms with Gasteiger partial charge in [-0.15, -0.1) is 0 Å². The molecule has 2 heterocycles. The van der Waals surface area contributed by atoms with Gasteiger partial charge < -0.3 is 14.9 Å². The number of halogens is 1. The molecule has 4 rings (SSSR count). The highest BCUT2D eigenvalue weighted by Crippen LogP contribution is 2.54. The van der Waals surface area contributed by atoms with Crippen molar-refractivity contribution in [1.82, 2.24) is 9.80 Å². The summed E-state index contributed by atoms with van der Waals surface area (Å²) in [6.07, 6.45) is 0.441. The normalized spacial score (nSPS) is 22.2. The first-order valence-corrected chi connectivity index (χ1v) is 9.95. The fourth-order valence-electron chi connectivity index (χ4n) is 5.06. The lowest BCUT2D eigenvalue weighted by atomic mass is 9.60. The largest absolute Gasteiger partial charge is 0.394 e. The zero-order valence-electron chi connectivity index (χ0n) is 16.6. The fourth-order valence-corrected chi connectivity index (χ4v) is 5.06. The van der Waals surface area contributed by atoms with Gasteiger partial charge in [0.05, 0.1) is 18.2 Å². The van der Waals surface area contributed by atoms with Crippen molar-refractivity contribution in [1.29, 1.82) is 0 Å². The number of benzene rings is 2. The minimum absolute atomic E-state index is 0.0282. The van der Waals surface area contributed by atoms with E-state index >= 15 is 0 Å². The number of amides is 2. The fraction of sp³-hybridized carbons (Fsp3) is 0.391. The first-order chi connectivity index (χ1) is 13.9. The summed E-state index contributed by atoms with van der Waals surface area (Å²) < 4.78 is 13.2. The highest BCUT2D eigenvalue weighted by atomic mass is 19.1. The van der Waals surface area contributed by atoms with Crippen LogP contribution in [0.2, 0.25) is 0 Å². The highest BCUT2D eigenvalue weighted by molar-refractivity contribution is 5.81. The minimum atomic E-state index is -0.443. The van der Waals surface area contributed by atoms with Crippen LogP contribution < -0.4 is 0 Å². The Kier molecular flexibility index (Phi) is 4.90. The van der Waals surface area contributed by atoms with Crippen LogP contribution >= 0.6 is 0 Å². The Bertz CT molecular complexity index is 920. The molecule has 6 heteroatoms. The molecule has 2 aromatic carbocycles. The third-order valence-corrected chi connectivity index (χ3v) is 6.33. The Hall–Kier alpha value is -2.73. The lowest BCUT2D eigenvalue weighted by molar-refractivity contribution is -0.201. The molecule has 29 heavy (non-hydrogen) atoms. The van der Waals surface area contributed by atoms with E-state index in [0.717, 1.165) is 16.7 Å². The molecule has 0 bridgehead atoms. The van der Waals surface area contributed by atoms with Crippen LogP contribution in [0.15, 0.2) is 48.5 Å². The number of aliphatic hydroxyl groups excluding tert-OH is 1. The van der Waals surface area contributed by atoms with Crippen LogP contribution in [-0.4, -0.2) is 58.0 Å². The van der Waals surface area contributed by atoms with Crippen LogP contribution in [0, 0.1) is 5.82 Å². The molecule has 152 valence electrons. The number of likely N-dealkylation sites (tertiary alicyclic amines) is 2. The van der Waals surface area contributed by atoms with Gasteiger partial charge in [-0.05, 0) is 28.8 Å². The number of aliphatic hydroxyl groups is 1. The topological polar surface area (TPSA) is 60.9 Å². The van der Waals surface area contributed by atoms with Gasteiger partial charge in [0.15, 0.2) is 0 Å². The second-order valence-corrected chi connectivity index (χ2v) is 7.95. The van der Waals surface area contributed by atoms with Gasteiger partial charge in [0.1, 0.15) is 5.82 Å². The van der Waals surface area contributed by atoms with Crippen LogP contribution in [0.1, 0.15) is 31.7 Å². The van der Waals surface area contributed by atoms with Crippen molar-refractivity contribution in [2.45, 2.75) is 37.8 Å². The Labute approximate surface area is 169 Å². The molecule has 2 saturated heterocycles. The van der Waals surface area contributed by atoms with Gasteiger partial charge in [-0.1, -0.05) is 43.3 Å². The molecule has 2 fully saturated rings. The molecule has 2 amide bonds. The molecule has 0 aromatic heterocycles. The number of nitrogens with zero attached hydrogens (tertiary/aromatic N) is 2. The van der Waals surface area contributed by atoms with E-state index in [2.05, 4.69) is 0 Å². The predicted octanol–water partition coefficient (Wildman–Crippen LogP) is 2.79. The van der Waals surface area contributed by atoms with E-state index < -0.39 is 5.54 Å². The van der Waals surface area contributed by atoms with Crippen molar-refractivity contribution >= 4 is 11.8 Å². The Morgan fingerprint density at radius 1 is 1.07 bits per heavy atom. The molecule has 2 aliphatic rings. The van der Waals surface area contributed by atoms with E-state index in [1.54, 1.807) is 21.9 Å². The molecule has 2 aliphatic heterocycles. The molecule has 0 aliphatic carbocycles. The van der Waals surface area contributed by atoms with Gasteiger partial charge in [-0.3, -0.25) is 9.59 Å². The van der Waals surface area contributed by atoms with E-state index in [0.29, 0.717) is 19.5 Å². The standard InChI is InChI=1S/C23H25FN2O3/c1-3-21(29)25-13-23(14-25)22(20(12-27)26(23)15(2)28)18-6-4-16(5-7-18)17-8-10-19(24)11-9-17/h4-11,20,22,27H,3,12-14H2,1-2H3/t20-,22-/m0/s1. The SMILES string of the molecule is CCC(=O)N1CC2(C1)[C@@H](c1ccc(-c3ccc(F)cc3)cc1)[C@H](CO)N2C(C)=O. The molecule has 2 aromatic rings. The van der Waals surface area contributed by atoms with E-state index in [-0.39, 0.29) is 36.2 Å². The number of carbonyl (C=O) groups is 2. The van der Waals surface area contributed by atoms with Crippen LogP contribution in [-0.2, 0) is 9.59 Å². The van der Waals surface area contributed by atoms with Crippen molar-refractivity contribution in [3.8, 4) is 11.1 Å². The molecule has 0 unspecified atom stereocenters. The zero-order chi connectivity index (χ0) is 20.8. The van der Waals surface area contributed by atoms with Crippen molar-refractivity contribution in [3.05, 3.63) is 59.9 Å². The zero-order valence-corrected chi connectivity index (χ0v) is 16.6. The Morgan fingerprint density at radius 3 is 2.10 bits per heavy atom. The summed E-state index contributed by atoms with van der Waals surface area (Å²) in [5.41, 5.74) is 2.49. The second-order valence-electron chi connectivity index (χ2n) is 7.95. The molecular weight excluding hydrogens is 371 g/mol. The van der Waals surface area contributed by atoms with Crippen molar-refractivity contribution < 1.29 is 19.1 Å². The number of carbonyl (C=O) groups excluding carboxylic acids is 2. The van der Waals surface area contributed by atoms with Gasteiger partial charge in [-0.2, -0.15) is 0 Å². The third kappa shape index (κ3) is 3.02. The average molecular weight is 396 g/mol. The minimum Gasteiger partial charge on any atom is -0.394 e. The van der Waals surface area contributed by atoms with Crippen LogP contribution in [0.3, 0.4) is 0 Å². The molecule has 2 atom stereocenters. The smallest absolute Gasteiger partial charge is 0.222 e.